The molecule has 2 aromatic carbocycles. The highest BCUT2D eigenvalue weighted by Gasteiger charge is 2.23. The normalized spacial score (nSPS) is 17.8. The van der Waals surface area contributed by atoms with Gasteiger partial charge in [-0.15, -0.1) is 0 Å². The lowest BCUT2D eigenvalue weighted by molar-refractivity contribution is -0.118. The van der Waals surface area contributed by atoms with Gasteiger partial charge in [-0.05, 0) is 29.7 Å². The van der Waals surface area contributed by atoms with Gasteiger partial charge in [0.2, 0.25) is 5.91 Å². The Hall–Kier alpha value is -2.59. The Balaban J connectivity index is 1.60. The zero-order chi connectivity index (χ0) is 14.9. The molecule has 4 heteroatoms. The Morgan fingerprint density at radius 3 is 2.82 bits per heavy atom. The summed E-state index contributed by atoms with van der Waals surface area (Å²) in [5.74, 6) is 0.0234. The number of benzene rings is 2. The SMILES string of the molecule is O=C1Nc2ccccc2CN[C@H]1Cc1c[nH]c2ccccc12. The van der Waals surface area contributed by atoms with Crippen molar-refractivity contribution < 1.29 is 4.79 Å². The van der Waals surface area contributed by atoms with E-state index in [1.54, 1.807) is 0 Å². The first kappa shape index (κ1) is 13.1. The van der Waals surface area contributed by atoms with Crippen LogP contribution in [0.4, 0.5) is 5.69 Å². The van der Waals surface area contributed by atoms with Crippen molar-refractivity contribution in [3.05, 3.63) is 65.9 Å². The smallest absolute Gasteiger partial charge is 0.241 e. The van der Waals surface area contributed by atoms with Gasteiger partial charge in [0.25, 0.3) is 0 Å². The molecule has 0 aliphatic carbocycles. The van der Waals surface area contributed by atoms with Crippen molar-refractivity contribution in [2.45, 2.75) is 19.0 Å². The van der Waals surface area contributed by atoms with Crippen LogP contribution < -0.4 is 10.6 Å². The highest BCUT2D eigenvalue weighted by Crippen LogP contribution is 2.22. The van der Waals surface area contributed by atoms with Crippen molar-refractivity contribution in [3.8, 4) is 0 Å². The molecule has 22 heavy (non-hydrogen) atoms. The van der Waals surface area contributed by atoms with Crippen LogP contribution >= 0.6 is 0 Å². The molecule has 2 heterocycles. The van der Waals surface area contributed by atoms with Crippen LogP contribution in [0.1, 0.15) is 11.1 Å². The molecule has 0 saturated heterocycles. The molecule has 0 saturated carbocycles. The van der Waals surface area contributed by atoms with Crippen molar-refractivity contribution in [1.82, 2.24) is 10.3 Å². The van der Waals surface area contributed by atoms with Gasteiger partial charge in [-0.1, -0.05) is 36.4 Å². The Labute approximate surface area is 128 Å². The Morgan fingerprint density at radius 1 is 1.05 bits per heavy atom. The minimum Gasteiger partial charge on any atom is -0.361 e. The molecule has 0 bridgehead atoms. The average Bonchev–Trinajstić information content (AvgIpc) is 2.88. The van der Waals surface area contributed by atoms with Crippen molar-refractivity contribution in [3.63, 3.8) is 0 Å². The Bertz CT molecular complexity index is 837. The van der Waals surface area contributed by atoms with Crippen LogP contribution in [0, 0.1) is 0 Å². The molecule has 1 atom stereocenters. The van der Waals surface area contributed by atoms with Crippen LogP contribution in [0.25, 0.3) is 10.9 Å². The fraction of sp³-hybridized carbons (Fsp3) is 0.167. The number of rotatable bonds is 2. The first-order valence-electron chi connectivity index (χ1n) is 7.48. The van der Waals surface area contributed by atoms with Gasteiger partial charge in [0.1, 0.15) is 0 Å². The number of hydrogen-bond acceptors (Lipinski definition) is 2. The van der Waals surface area contributed by atoms with Crippen LogP contribution in [0.2, 0.25) is 0 Å². The van der Waals surface area contributed by atoms with Crippen LogP contribution in [0.3, 0.4) is 0 Å². The second kappa shape index (κ2) is 5.31. The van der Waals surface area contributed by atoms with E-state index in [1.165, 1.54) is 5.39 Å². The molecule has 1 amide bonds. The highest BCUT2D eigenvalue weighted by atomic mass is 16.2. The summed E-state index contributed by atoms with van der Waals surface area (Å²) < 4.78 is 0. The summed E-state index contributed by atoms with van der Waals surface area (Å²) in [6.45, 7) is 0.696. The van der Waals surface area contributed by atoms with E-state index >= 15 is 0 Å². The molecule has 1 aromatic heterocycles. The maximum absolute atomic E-state index is 12.5. The van der Waals surface area contributed by atoms with Gasteiger partial charge in [0.15, 0.2) is 0 Å². The van der Waals surface area contributed by atoms with Crippen molar-refractivity contribution in [2.24, 2.45) is 0 Å². The molecule has 1 aliphatic rings. The predicted molar refractivity (Wildman–Crippen MR) is 87.7 cm³/mol. The number of aromatic amines is 1. The lowest BCUT2D eigenvalue weighted by Gasteiger charge is -2.14. The van der Waals surface area contributed by atoms with Crippen molar-refractivity contribution >= 4 is 22.5 Å². The molecule has 4 rings (SSSR count). The predicted octanol–water partition coefficient (Wildman–Crippen LogP) is 2.82. The fourth-order valence-corrected chi connectivity index (χ4v) is 3.03. The second-order valence-corrected chi connectivity index (χ2v) is 5.64. The number of nitrogens with one attached hydrogen (secondary N) is 3. The summed E-state index contributed by atoms with van der Waals surface area (Å²) in [5.41, 5.74) is 4.29. The van der Waals surface area contributed by atoms with E-state index in [4.69, 9.17) is 0 Å². The third kappa shape index (κ3) is 2.27. The molecule has 3 N–H and O–H groups in total. The van der Waals surface area contributed by atoms with Crippen LogP contribution in [-0.2, 0) is 17.8 Å². The molecule has 0 radical (unpaired) electrons. The first-order valence-corrected chi connectivity index (χ1v) is 7.48. The van der Waals surface area contributed by atoms with E-state index in [1.807, 2.05) is 42.6 Å². The maximum atomic E-state index is 12.5. The zero-order valence-electron chi connectivity index (χ0n) is 12.1. The Kier molecular flexibility index (Phi) is 3.16. The lowest BCUT2D eigenvalue weighted by Crippen LogP contribution is -2.39. The lowest BCUT2D eigenvalue weighted by atomic mass is 10.0. The monoisotopic (exact) mass is 291 g/mol. The van der Waals surface area contributed by atoms with Gasteiger partial charge in [-0.3, -0.25) is 4.79 Å². The number of carbonyl (C=O) groups excluding carboxylic acids is 1. The van der Waals surface area contributed by atoms with Crippen molar-refractivity contribution in [2.75, 3.05) is 5.32 Å². The van der Waals surface area contributed by atoms with E-state index in [-0.39, 0.29) is 11.9 Å². The molecule has 1 aliphatic heterocycles. The van der Waals surface area contributed by atoms with E-state index in [9.17, 15) is 4.79 Å². The minimum absolute atomic E-state index is 0.0234. The summed E-state index contributed by atoms with van der Waals surface area (Å²) in [5, 5.41) is 7.57. The van der Waals surface area contributed by atoms with Gasteiger partial charge >= 0.3 is 0 Å². The number of amides is 1. The number of fused-ring (bicyclic) bond motifs is 2. The van der Waals surface area contributed by atoms with E-state index in [2.05, 4.69) is 27.8 Å². The van der Waals surface area contributed by atoms with Gasteiger partial charge in [-0.25, -0.2) is 0 Å². The Morgan fingerprint density at radius 2 is 1.86 bits per heavy atom. The molecular weight excluding hydrogens is 274 g/mol. The molecule has 110 valence electrons. The molecule has 0 unspecified atom stereocenters. The van der Waals surface area contributed by atoms with Crippen molar-refractivity contribution in [1.29, 1.82) is 0 Å². The third-order valence-electron chi connectivity index (χ3n) is 4.23. The molecule has 4 nitrogen and oxygen atoms in total. The molecular formula is C18H17N3O. The molecule has 0 spiro atoms. The van der Waals surface area contributed by atoms with Crippen LogP contribution in [0.5, 0.6) is 0 Å². The highest BCUT2D eigenvalue weighted by molar-refractivity contribution is 5.97. The number of para-hydroxylation sites is 2. The number of anilines is 1. The van der Waals surface area contributed by atoms with Crippen LogP contribution in [-0.4, -0.2) is 16.9 Å². The standard InChI is InChI=1S/C18H17N3O/c22-18-17(20-10-12-5-1-3-7-15(12)21-18)9-13-11-19-16-8-4-2-6-14(13)16/h1-8,11,17,19-20H,9-10H2,(H,21,22)/t17-/m0/s1. The summed E-state index contributed by atoms with van der Waals surface area (Å²) in [7, 11) is 0. The third-order valence-corrected chi connectivity index (χ3v) is 4.23. The quantitative estimate of drug-likeness (QED) is 0.680. The van der Waals surface area contributed by atoms with Gasteiger partial charge < -0.3 is 15.6 Å². The maximum Gasteiger partial charge on any atom is 0.241 e. The van der Waals surface area contributed by atoms with Gasteiger partial charge in [0.05, 0.1) is 6.04 Å². The summed E-state index contributed by atoms with van der Waals surface area (Å²) in [6.07, 6.45) is 2.67. The minimum atomic E-state index is -0.230. The van der Waals surface area contributed by atoms with E-state index in [0.29, 0.717) is 13.0 Å². The van der Waals surface area contributed by atoms with E-state index < -0.39 is 0 Å². The number of aromatic nitrogens is 1. The molecule has 0 fully saturated rings. The van der Waals surface area contributed by atoms with Gasteiger partial charge in [-0.2, -0.15) is 0 Å². The first-order chi connectivity index (χ1) is 10.8. The topological polar surface area (TPSA) is 56.9 Å². The van der Waals surface area contributed by atoms with Crippen LogP contribution in [0.15, 0.2) is 54.7 Å². The summed E-state index contributed by atoms with van der Waals surface area (Å²) >= 11 is 0. The molecule has 3 aromatic rings. The van der Waals surface area contributed by atoms with E-state index in [0.717, 1.165) is 22.3 Å². The zero-order valence-corrected chi connectivity index (χ0v) is 12.1. The number of carbonyl (C=O) groups is 1. The summed E-state index contributed by atoms with van der Waals surface area (Å²) in [4.78, 5) is 15.7. The average molecular weight is 291 g/mol. The number of H-pyrrole nitrogens is 1. The summed E-state index contributed by atoms with van der Waals surface area (Å²) in [6, 6.07) is 15.9. The van der Waals surface area contributed by atoms with Gasteiger partial charge in [0, 0.05) is 29.3 Å². The second-order valence-electron chi connectivity index (χ2n) is 5.64. The fourth-order valence-electron chi connectivity index (χ4n) is 3.03. The number of hydrogen-bond donors (Lipinski definition) is 3. The largest absolute Gasteiger partial charge is 0.361 e.